The maximum absolute atomic E-state index is 13.3. The number of nitrogens with zero attached hydrogens (tertiary/aromatic N) is 3. The van der Waals surface area contributed by atoms with Crippen molar-refractivity contribution >= 4 is 38.5 Å². The first-order valence-electron chi connectivity index (χ1n) is 16.0. The number of aryl methyl sites for hydroxylation is 1. The average molecular weight is 627 g/mol. The molecule has 240 valence electrons. The van der Waals surface area contributed by atoms with Crippen molar-refractivity contribution in [2.24, 2.45) is 0 Å². The van der Waals surface area contributed by atoms with E-state index in [-0.39, 0.29) is 5.56 Å². The molecule has 0 saturated heterocycles. The number of H-pyrrole nitrogens is 1. The maximum atomic E-state index is 13.3. The van der Waals surface area contributed by atoms with Gasteiger partial charge >= 0.3 is 0 Å². The van der Waals surface area contributed by atoms with Gasteiger partial charge in [-0.15, -0.1) is 0 Å². The number of nitrogens with one attached hydrogen (secondary N) is 3. The van der Waals surface area contributed by atoms with Gasteiger partial charge in [0.25, 0.3) is 5.56 Å². The molecule has 3 aromatic carbocycles. The van der Waals surface area contributed by atoms with Crippen LogP contribution >= 0.6 is 0 Å². The second-order valence-electron chi connectivity index (χ2n) is 11.2. The van der Waals surface area contributed by atoms with Crippen molar-refractivity contribution in [3.8, 4) is 11.4 Å². The number of rotatable bonds is 9. The Balaban J connectivity index is 0.000000256. The molecule has 0 spiro atoms. The molecular weight excluding hydrogens is 584 g/mol. The van der Waals surface area contributed by atoms with Crippen LogP contribution in [0, 0.1) is 6.92 Å². The minimum atomic E-state index is -0.107. The molecule has 4 aromatic heterocycles. The van der Waals surface area contributed by atoms with E-state index in [0.29, 0.717) is 31.1 Å². The fourth-order valence-corrected chi connectivity index (χ4v) is 5.11. The van der Waals surface area contributed by atoms with Crippen molar-refractivity contribution in [3.05, 3.63) is 138 Å². The Kier molecular flexibility index (Phi) is 11.2. The zero-order chi connectivity index (χ0) is 33.0. The van der Waals surface area contributed by atoms with Gasteiger partial charge in [-0.2, -0.15) is 0 Å². The molecule has 3 N–H and O–H groups in total. The highest BCUT2D eigenvalue weighted by atomic mass is 16.3. The fourth-order valence-electron chi connectivity index (χ4n) is 5.11. The smallest absolute Gasteiger partial charge is 0.277 e. The lowest BCUT2D eigenvalue weighted by Gasteiger charge is -2.15. The molecule has 8 heteroatoms. The molecule has 0 radical (unpaired) electrons. The van der Waals surface area contributed by atoms with Crippen LogP contribution in [0.3, 0.4) is 0 Å². The van der Waals surface area contributed by atoms with Gasteiger partial charge in [-0.1, -0.05) is 87.9 Å². The summed E-state index contributed by atoms with van der Waals surface area (Å²) in [7, 11) is 0. The summed E-state index contributed by atoms with van der Waals surface area (Å²) in [4.78, 5) is 25.2. The number of para-hydroxylation sites is 1. The number of unbranched alkanes of at least 4 members (excludes halogenated alkanes) is 1. The van der Waals surface area contributed by atoms with Crippen LogP contribution in [-0.4, -0.2) is 26.1 Å². The van der Waals surface area contributed by atoms with E-state index in [1.807, 2.05) is 79.9 Å². The number of furan rings is 1. The number of hydrogen-bond acceptors (Lipinski definition) is 6. The zero-order valence-corrected chi connectivity index (χ0v) is 27.3. The van der Waals surface area contributed by atoms with Crippen molar-refractivity contribution in [2.45, 2.75) is 46.7 Å². The van der Waals surface area contributed by atoms with Crippen LogP contribution in [-0.2, 0) is 13.1 Å². The summed E-state index contributed by atoms with van der Waals surface area (Å²) in [6.45, 7) is 11.6. The summed E-state index contributed by atoms with van der Waals surface area (Å²) in [6, 6.07) is 27.9. The summed E-state index contributed by atoms with van der Waals surface area (Å²) in [5.74, 6) is 0.642. The number of aromatic amines is 1. The van der Waals surface area contributed by atoms with Crippen LogP contribution in [0.15, 0.2) is 126 Å². The Morgan fingerprint density at radius 1 is 0.915 bits per heavy atom. The number of benzene rings is 3. The fraction of sp³-hybridized carbons (Fsp3) is 0.205. The van der Waals surface area contributed by atoms with Gasteiger partial charge in [0.15, 0.2) is 0 Å². The van der Waals surface area contributed by atoms with E-state index in [9.17, 15) is 4.79 Å². The Labute approximate surface area is 275 Å². The molecule has 0 atom stereocenters. The molecule has 47 heavy (non-hydrogen) atoms. The molecule has 0 aliphatic carbocycles. The molecule has 4 heterocycles. The predicted molar refractivity (Wildman–Crippen MR) is 195 cm³/mol. The average Bonchev–Trinajstić information content (AvgIpc) is 3.68. The Hall–Kier alpha value is -5.63. The van der Waals surface area contributed by atoms with E-state index < -0.39 is 0 Å². The Morgan fingerprint density at radius 2 is 1.68 bits per heavy atom. The predicted octanol–water partition coefficient (Wildman–Crippen LogP) is 8.83. The summed E-state index contributed by atoms with van der Waals surface area (Å²) in [6.07, 6.45) is 9.53. The SMILES string of the molecule is C=CNCCn1c(-c2ccccc2)ncc(NCc2ccc3oc4ccccc4c3c2)c1=O.CCCC.Cc1cc2cnccc2[nH]1. The highest BCUT2D eigenvalue weighted by Gasteiger charge is 2.13. The van der Waals surface area contributed by atoms with Crippen LogP contribution in [0.1, 0.15) is 37.9 Å². The quantitative estimate of drug-likeness (QED) is 0.138. The van der Waals surface area contributed by atoms with E-state index in [1.165, 1.54) is 23.9 Å². The van der Waals surface area contributed by atoms with Gasteiger partial charge < -0.3 is 20.0 Å². The van der Waals surface area contributed by atoms with Crippen molar-refractivity contribution < 1.29 is 4.42 Å². The largest absolute Gasteiger partial charge is 0.456 e. The van der Waals surface area contributed by atoms with Gasteiger partial charge in [0.2, 0.25) is 0 Å². The molecule has 0 unspecified atom stereocenters. The molecule has 0 bridgehead atoms. The molecule has 0 aliphatic rings. The van der Waals surface area contributed by atoms with Crippen molar-refractivity contribution in [2.75, 3.05) is 11.9 Å². The second kappa shape index (κ2) is 16.1. The van der Waals surface area contributed by atoms with Crippen LogP contribution in [0.4, 0.5) is 5.69 Å². The van der Waals surface area contributed by atoms with E-state index >= 15 is 0 Å². The standard InChI is InChI=1S/C27H24N4O2.C8H8N2.C4H10/c1-2-28-14-15-31-26(20-8-4-3-5-9-20)30-18-23(27(31)32)29-17-19-12-13-25-22(16-19)21-10-6-7-11-24(21)33-25;1-6-4-7-5-9-3-2-8(7)10-6;1-3-4-2/h2-13,16,18,28-29H,1,14-15,17H2;2-5,10H,1H3;3-4H2,1-2H3. The Bertz CT molecular complexity index is 2070. The van der Waals surface area contributed by atoms with Crippen LogP contribution in [0.5, 0.6) is 0 Å². The number of pyridine rings is 1. The normalized spacial score (nSPS) is 10.6. The minimum Gasteiger partial charge on any atom is -0.456 e. The molecular formula is C39H42N6O2. The van der Waals surface area contributed by atoms with Gasteiger partial charge in [-0.25, -0.2) is 4.98 Å². The topological polar surface area (TPSA) is 101 Å². The highest BCUT2D eigenvalue weighted by Crippen LogP contribution is 2.29. The third-order valence-electron chi connectivity index (χ3n) is 7.68. The lowest BCUT2D eigenvalue weighted by molar-refractivity contribution is 0.637. The number of anilines is 1. The maximum Gasteiger partial charge on any atom is 0.277 e. The zero-order valence-electron chi connectivity index (χ0n) is 27.3. The van der Waals surface area contributed by atoms with Crippen LogP contribution in [0.2, 0.25) is 0 Å². The van der Waals surface area contributed by atoms with Gasteiger partial charge in [0.05, 0.1) is 6.20 Å². The van der Waals surface area contributed by atoms with Gasteiger partial charge in [-0.3, -0.25) is 14.3 Å². The van der Waals surface area contributed by atoms with E-state index in [1.54, 1.807) is 23.2 Å². The minimum absolute atomic E-state index is 0.107. The molecule has 7 rings (SSSR count). The van der Waals surface area contributed by atoms with Crippen LogP contribution < -0.4 is 16.2 Å². The summed E-state index contributed by atoms with van der Waals surface area (Å²) in [5, 5.41) is 9.66. The third kappa shape index (κ3) is 8.16. The first kappa shape index (κ1) is 32.8. The molecule has 8 nitrogen and oxygen atoms in total. The summed E-state index contributed by atoms with van der Waals surface area (Å²) in [5.41, 5.74) is 6.38. The molecule has 7 aromatic rings. The van der Waals surface area contributed by atoms with Gasteiger partial charge in [0, 0.05) is 65.0 Å². The summed E-state index contributed by atoms with van der Waals surface area (Å²) >= 11 is 0. The van der Waals surface area contributed by atoms with E-state index in [4.69, 9.17) is 4.42 Å². The number of hydrogen-bond donors (Lipinski definition) is 3. The number of fused-ring (bicyclic) bond motifs is 4. The third-order valence-corrected chi connectivity index (χ3v) is 7.68. The second-order valence-corrected chi connectivity index (χ2v) is 11.2. The van der Waals surface area contributed by atoms with Crippen molar-refractivity contribution in [3.63, 3.8) is 0 Å². The van der Waals surface area contributed by atoms with Gasteiger partial charge in [-0.05, 0) is 49.0 Å². The number of aromatic nitrogens is 4. The van der Waals surface area contributed by atoms with Crippen LogP contribution in [0.25, 0.3) is 44.2 Å². The Morgan fingerprint density at radius 3 is 2.45 bits per heavy atom. The van der Waals surface area contributed by atoms with Crippen molar-refractivity contribution in [1.29, 1.82) is 0 Å². The lowest BCUT2D eigenvalue weighted by Crippen LogP contribution is -2.29. The van der Waals surface area contributed by atoms with E-state index in [2.05, 4.69) is 64.2 Å². The molecule has 0 amide bonds. The summed E-state index contributed by atoms with van der Waals surface area (Å²) < 4.78 is 7.61. The highest BCUT2D eigenvalue weighted by molar-refractivity contribution is 6.05. The monoisotopic (exact) mass is 626 g/mol. The molecule has 0 fully saturated rings. The van der Waals surface area contributed by atoms with Gasteiger partial charge in [0.1, 0.15) is 22.7 Å². The molecule has 0 saturated carbocycles. The first-order chi connectivity index (χ1) is 23.0. The van der Waals surface area contributed by atoms with Crippen molar-refractivity contribution in [1.82, 2.24) is 24.8 Å². The lowest BCUT2D eigenvalue weighted by atomic mass is 10.1. The molecule has 0 aliphatic heterocycles. The van der Waals surface area contributed by atoms with E-state index in [0.717, 1.165) is 38.6 Å². The first-order valence-corrected chi connectivity index (χ1v) is 16.0.